The molecule has 0 saturated carbocycles. The third-order valence-corrected chi connectivity index (χ3v) is 5.08. The maximum absolute atomic E-state index is 11.9. The number of allylic oxidation sites excluding steroid dienone is 1. The summed E-state index contributed by atoms with van der Waals surface area (Å²) >= 11 is 3.46. The van der Waals surface area contributed by atoms with E-state index < -0.39 is 5.97 Å². The fourth-order valence-electron chi connectivity index (χ4n) is 3.03. The topological polar surface area (TPSA) is 58.6 Å². The lowest BCUT2D eigenvalue weighted by Gasteiger charge is -2.30. The number of carboxylic acid groups (broad SMARTS) is 1. The maximum atomic E-state index is 11.9. The van der Waals surface area contributed by atoms with Crippen LogP contribution in [0, 0.1) is 5.92 Å². The highest BCUT2D eigenvalue weighted by Crippen LogP contribution is 2.28. The Morgan fingerprint density at radius 2 is 2.04 bits per heavy atom. The van der Waals surface area contributed by atoms with Crippen molar-refractivity contribution in [2.45, 2.75) is 39.2 Å². The highest BCUT2D eigenvalue weighted by Gasteiger charge is 2.24. The molecule has 0 spiro atoms. The van der Waals surface area contributed by atoms with Gasteiger partial charge in [-0.3, -0.25) is 0 Å². The van der Waals surface area contributed by atoms with Crippen molar-refractivity contribution < 1.29 is 14.6 Å². The fourth-order valence-corrected chi connectivity index (χ4v) is 3.51. The summed E-state index contributed by atoms with van der Waals surface area (Å²) in [6.45, 7) is 5.69. The molecule has 1 heterocycles. The first-order chi connectivity index (χ1) is 11.0. The molecule has 1 unspecified atom stereocenters. The average Bonchev–Trinajstić information content (AvgIpc) is 2.56. The van der Waals surface area contributed by atoms with Crippen molar-refractivity contribution in [3.8, 4) is 0 Å². The largest absolute Gasteiger partial charge is 0.478 e. The molecule has 1 atom stereocenters. The van der Waals surface area contributed by atoms with Crippen LogP contribution in [0.2, 0.25) is 0 Å². The van der Waals surface area contributed by atoms with E-state index >= 15 is 0 Å². The minimum atomic E-state index is -0.902. The molecule has 0 aromatic heterocycles. The highest BCUT2D eigenvalue weighted by atomic mass is 79.9. The monoisotopic (exact) mass is 381 g/mol. The molecule has 2 rings (SSSR count). The second-order valence-electron chi connectivity index (χ2n) is 5.87. The molecule has 0 bridgehead atoms. The Kier molecular flexibility index (Phi) is 6.66. The van der Waals surface area contributed by atoms with Gasteiger partial charge in [-0.1, -0.05) is 41.1 Å². The van der Waals surface area contributed by atoms with Gasteiger partial charge in [-0.2, -0.15) is 0 Å². The third kappa shape index (κ3) is 4.58. The lowest BCUT2D eigenvalue weighted by Crippen LogP contribution is -2.37. The molecular formula is C18H24BrNO3. The van der Waals surface area contributed by atoms with Gasteiger partial charge in [0, 0.05) is 35.0 Å². The fraction of sp³-hybridized carbons (Fsp3) is 0.500. The number of benzene rings is 1. The number of hydrogen-bond donors (Lipinski definition) is 2. The SMILES string of the molecule is CC/C(NC(C)C1CCOCC1)=C(\C(=O)O)c1ccccc1Br. The Morgan fingerprint density at radius 3 is 2.61 bits per heavy atom. The van der Waals surface area contributed by atoms with Gasteiger partial charge in [-0.05, 0) is 38.2 Å². The molecule has 2 N–H and O–H groups in total. The van der Waals surface area contributed by atoms with Crippen LogP contribution in [-0.4, -0.2) is 30.3 Å². The number of nitrogens with one attached hydrogen (secondary N) is 1. The van der Waals surface area contributed by atoms with Crippen LogP contribution in [0.25, 0.3) is 5.57 Å². The van der Waals surface area contributed by atoms with E-state index in [1.165, 1.54) is 0 Å². The van der Waals surface area contributed by atoms with Gasteiger partial charge in [0.05, 0.1) is 5.57 Å². The summed E-state index contributed by atoms with van der Waals surface area (Å²) in [5.74, 6) is -0.389. The van der Waals surface area contributed by atoms with E-state index in [0.29, 0.717) is 23.5 Å². The lowest BCUT2D eigenvalue weighted by atomic mass is 9.92. The van der Waals surface area contributed by atoms with Crippen LogP contribution in [0.3, 0.4) is 0 Å². The summed E-state index contributed by atoms with van der Waals surface area (Å²) in [5, 5.41) is 13.2. The first-order valence-corrected chi connectivity index (χ1v) is 8.89. The molecule has 1 aliphatic rings. The second-order valence-corrected chi connectivity index (χ2v) is 6.73. The van der Waals surface area contributed by atoms with Gasteiger partial charge in [0.15, 0.2) is 0 Å². The zero-order valence-electron chi connectivity index (χ0n) is 13.6. The number of ether oxygens (including phenoxy) is 1. The smallest absolute Gasteiger partial charge is 0.338 e. The predicted molar refractivity (Wildman–Crippen MR) is 95.1 cm³/mol. The Balaban J connectivity index is 2.30. The highest BCUT2D eigenvalue weighted by molar-refractivity contribution is 9.10. The summed E-state index contributed by atoms with van der Waals surface area (Å²) in [4.78, 5) is 11.9. The lowest BCUT2D eigenvalue weighted by molar-refractivity contribution is -0.130. The first kappa shape index (κ1) is 18.0. The quantitative estimate of drug-likeness (QED) is 0.729. The van der Waals surface area contributed by atoms with Crippen LogP contribution >= 0.6 is 15.9 Å². The summed E-state index contributed by atoms with van der Waals surface area (Å²) < 4.78 is 6.21. The van der Waals surface area contributed by atoms with Crippen LogP contribution in [0.15, 0.2) is 34.4 Å². The molecule has 126 valence electrons. The van der Waals surface area contributed by atoms with Crippen molar-refractivity contribution in [1.29, 1.82) is 0 Å². The molecule has 1 aromatic carbocycles. The van der Waals surface area contributed by atoms with Gasteiger partial charge >= 0.3 is 5.97 Å². The number of carbonyl (C=O) groups is 1. The van der Waals surface area contributed by atoms with E-state index in [1.54, 1.807) is 0 Å². The third-order valence-electron chi connectivity index (χ3n) is 4.39. The summed E-state index contributed by atoms with van der Waals surface area (Å²) in [7, 11) is 0. The Hall–Kier alpha value is -1.33. The van der Waals surface area contributed by atoms with E-state index in [2.05, 4.69) is 28.2 Å². The summed E-state index contributed by atoms with van der Waals surface area (Å²) in [6.07, 6.45) is 2.68. The molecule has 4 nitrogen and oxygen atoms in total. The van der Waals surface area contributed by atoms with E-state index in [4.69, 9.17) is 4.74 Å². The molecule has 0 amide bonds. The Labute approximate surface area is 146 Å². The predicted octanol–water partition coefficient (Wildman–Crippen LogP) is 4.06. The van der Waals surface area contributed by atoms with Crippen LogP contribution in [0.1, 0.15) is 38.7 Å². The van der Waals surface area contributed by atoms with Crippen LogP contribution in [0.5, 0.6) is 0 Å². The molecule has 0 aliphatic carbocycles. The minimum Gasteiger partial charge on any atom is -0.478 e. The van der Waals surface area contributed by atoms with Crippen LogP contribution < -0.4 is 5.32 Å². The molecule has 1 saturated heterocycles. The van der Waals surface area contributed by atoms with Gasteiger partial charge in [0.1, 0.15) is 0 Å². The van der Waals surface area contributed by atoms with E-state index in [1.807, 2.05) is 31.2 Å². The molecule has 0 radical (unpaired) electrons. The van der Waals surface area contributed by atoms with Gasteiger partial charge in [0.25, 0.3) is 0 Å². The van der Waals surface area contributed by atoms with Crippen LogP contribution in [0.4, 0.5) is 0 Å². The molecule has 1 aromatic rings. The first-order valence-electron chi connectivity index (χ1n) is 8.10. The van der Waals surface area contributed by atoms with Gasteiger partial charge in [0.2, 0.25) is 0 Å². The van der Waals surface area contributed by atoms with Crippen molar-refractivity contribution in [2.75, 3.05) is 13.2 Å². The van der Waals surface area contributed by atoms with Crippen molar-refractivity contribution in [2.24, 2.45) is 5.92 Å². The minimum absolute atomic E-state index is 0.227. The van der Waals surface area contributed by atoms with Crippen molar-refractivity contribution >= 4 is 27.5 Å². The van der Waals surface area contributed by atoms with Gasteiger partial charge < -0.3 is 15.2 Å². The molecule has 5 heteroatoms. The van der Waals surface area contributed by atoms with Crippen LogP contribution in [-0.2, 0) is 9.53 Å². The normalized spacial score (nSPS) is 18.2. The molecule has 1 aliphatic heterocycles. The Morgan fingerprint density at radius 1 is 1.39 bits per heavy atom. The van der Waals surface area contributed by atoms with Gasteiger partial charge in [-0.15, -0.1) is 0 Å². The zero-order chi connectivity index (χ0) is 16.8. The summed E-state index contributed by atoms with van der Waals surface area (Å²) in [6, 6.07) is 7.68. The Bertz CT molecular complexity index is 579. The number of hydrogen-bond acceptors (Lipinski definition) is 3. The molecule has 23 heavy (non-hydrogen) atoms. The molecular weight excluding hydrogens is 358 g/mol. The van der Waals surface area contributed by atoms with Crippen molar-refractivity contribution in [3.05, 3.63) is 40.0 Å². The van der Waals surface area contributed by atoms with E-state index in [-0.39, 0.29) is 6.04 Å². The van der Waals surface area contributed by atoms with Crippen molar-refractivity contribution in [3.63, 3.8) is 0 Å². The second kappa shape index (κ2) is 8.50. The zero-order valence-corrected chi connectivity index (χ0v) is 15.2. The number of aliphatic carboxylic acids is 1. The standard InChI is InChI=1S/C18H24BrNO3/c1-3-16(20-12(2)13-8-10-23-11-9-13)17(18(21)22)14-6-4-5-7-15(14)19/h4-7,12-13,20H,3,8-11H2,1-2H3,(H,21,22)/b17-16+. The average molecular weight is 382 g/mol. The molecule has 1 fully saturated rings. The van der Waals surface area contributed by atoms with E-state index in [0.717, 1.165) is 36.2 Å². The van der Waals surface area contributed by atoms with E-state index in [9.17, 15) is 9.90 Å². The number of halogens is 1. The summed E-state index contributed by atoms with van der Waals surface area (Å²) in [5.41, 5.74) is 1.84. The van der Waals surface area contributed by atoms with Crippen molar-refractivity contribution in [1.82, 2.24) is 5.32 Å². The maximum Gasteiger partial charge on any atom is 0.338 e. The van der Waals surface area contributed by atoms with Gasteiger partial charge in [-0.25, -0.2) is 4.79 Å². The number of rotatable bonds is 6. The number of carboxylic acids is 1.